The minimum absolute atomic E-state index is 0.146. The van der Waals surface area contributed by atoms with Crippen molar-refractivity contribution in [2.45, 2.75) is 33.1 Å². The second kappa shape index (κ2) is 4.41. The Kier molecular flexibility index (Phi) is 3.07. The summed E-state index contributed by atoms with van der Waals surface area (Å²) in [5.74, 6) is 0.377. The molecule has 0 aliphatic heterocycles. The van der Waals surface area contributed by atoms with Gasteiger partial charge in [-0.05, 0) is 17.9 Å². The minimum Gasteiger partial charge on any atom is -0.339 e. The van der Waals surface area contributed by atoms with Crippen molar-refractivity contribution in [3.05, 3.63) is 41.3 Å². The van der Waals surface area contributed by atoms with Crippen LogP contribution in [0.25, 0.3) is 11.3 Å². The molecule has 1 N–H and O–H groups in total. The number of rotatable bonds is 2. The summed E-state index contributed by atoms with van der Waals surface area (Å²) in [4.78, 5) is 17.9. The maximum Gasteiger partial charge on any atom is 0.185 e. The molecule has 0 aliphatic carbocycles. The molecule has 0 radical (unpaired) electrons. The number of hydrogen-bond donors (Lipinski definition) is 1. The third kappa shape index (κ3) is 2.35. The fourth-order valence-electron chi connectivity index (χ4n) is 1.95. The van der Waals surface area contributed by atoms with Gasteiger partial charge in [-0.2, -0.15) is 0 Å². The van der Waals surface area contributed by atoms with Crippen LogP contribution in [0, 0.1) is 6.92 Å². The zero-order chi connectivity index (χ0) is 13.3. The number of benzene rings is 1. The smallest absolute Gasteiger partial charge is 0.185 e. The first-order valence-electron chi connectivity index (χ1n) is 6.04. The second-order valence-electron chi connectivity index (χ2n) is 5.54. The molecule has 0 aliphatic rings. The van der Waals surface area contributed by atoms with Crippen LogP contribution in [-0.2, 0) is 5.41 Å². The Morgan fingerprint density at radius 1 is 1.17 bits per heavy atom. The molecule has 2 rings (SSSR count). The van der Waals surface area contributed by atoms with E-state index < -0.39 is 0 Å². The lowest BCUT2D eigenvalue weighted by Crippen LogP contribution is -2.10. The van der Waals surface area contributed by atoms with Gasteiger partial charge in [0.25, 0.3) is 0 Å². The molecule has 3 nitrogen and oxygen atoms in total. The molecule has 0 atom stereocenters. The number of aryl methyl sites for hydroxylation is 1. The molecule has 2 aromatic rings. The molecular weight excluding hydrogens is 224 g/mol. The molecular formula is C15H18N2O. The highest BCUT2D eigenvalue weighted by molar-refractivity contribution is 5.73. The number of aromatic amines is 1. The zero-order valence-corrected chi connectivity index (χ0v) is 11.2. The number of carbonyl (C=O) groups excluding carboxylic acids is 1. The Morgan fingerprint density at radius 3 is 2.22 bits per heavy atom. The lowest BCUT2D eigenvalue weighted by Gasteiger charge is -2.19. The van der Waals surface area contributed by atoms with Crippen molar-refractivity contribution < 1.29 is 4.79 Å². The van der Waals surface area contributed by atoms with Crippen LogP contribution in [0.4, 0.5) is 0 Å². The normalized spacial score (nSPS) is 11.6. The van der Waals surface area contributed by atoms with Crippen LogP contribution in [0.2, 0.25) is 0 Å². The van der Waals surface area contributed by atoms with Crippen LogP contribution in [-0.4, -0.2) is 16.3 Å². The molecule has 0 bridgehead atoms. The van der Waals surface area contributed by atoms with Crippen LogP contribution >= 0.6 is 0 Å². The third-order valence-electron chi connectivity index (χ3n) is 3.04. The van der Waals surface area contributed by atoms with E-state index >= 15 is 0 Å². The molecule has 3 heteroatoms. The molecule has 0 saturated heterocycles. The molecule has 1 aromatic carbocycles. The summed E-state index contributed by atoms with van der Waals surface area (Å²) < 4.78 is 0. The zero-order valence-electron chi connectivity index (χ0n) is 11.2. The highest BCUT2D eigenvalue weighted by atomic mass is 16.1. The van der Waals surface area contributed by atoms with Gasteiger partial charge in [-0.1, -0.05) is 45.0 Å². The quantitative estimate of drug-likeness (QED) is 0.819. The minimum atomic E-state index is 0.146. The molecule has 0 fully saturated rings. The second-order valence-corrected chi connectivity index (χ2v) is 5.54. The van der Waals surface area contributed by atoms with Crippen LogP contribution in [0.5, 0.6) is 0 Å². The van der Waals surface area contributed by atoms with E-state index in [2.05, 4.69) is 55.0 Å². The number of nitrogens with one attached hydrogen (secondary N) is 1. The van der Waals surface area contributed by atoms with Crippen molar-refractivity contribution in [3.8, 4) is 11.3 Å². The van der Waals surface area contributed by atoms with Crippen LogP contribution < -0.4 is 0 Å². The third-order valence-corrected chi connectivity index (χ3v) is 3.04. The molecule has 94 valence electrons. The van der Waals surface area contributed by atoms with Crippen molar-refractivity contribution in [2.75, 3.05) is 0 Å². The molecule has 1 aromatic heterocycles. The lowest BCUT2D eigenvalue weighted by molar-refractivity contribution is 0.111. The maximum absolute atomic E-state index is 10.7. The summed E-state index contributed by atoms with van der Waals surface area (Å²) in [5, 5.41) is 0. The van der Waals surface area contributed by atoms with E-state index in [1.54, 1.807) is 0 Å². The van der Waals surface area contributed by atoms with Gasteiger partial charge in [-0.3, -0.25) is 4.79 Å². The average molecular weight is 242 g/mol. The molecule has 1 heterocycles. The number of aldehydes is 1. The van der Waals surface area contributed by atoms with Gasteiger partial charge in [0, 0.05) is 11.3 Å². The van der Waals surface area contributed by atoms with E-state index in [-0.39, 0.29) is 5.41 Å². The van der Waals surface area contributed by atoms with Crippen molar-refractivity contribution in [2.24, 2.45) is 0 Å². The summed E-state index contributed by atoms with van der Waals surface area (Å²) >= 11 is 0. The number of aromatic nitrogens is 2. The Morgan fingerprint density at radius 2 is 1.78 bits per heavy atom. The summed E-state index contributed by atoms with van der Waals surface area (Å²) in [5.41, 5.74) is 4.23. The van der Waals surface area contributed by atoms with Crippen molar-refractivity contribution in [1.29, 1.82) is 0 Å². The number of nitrogens with zero attached hydrogens (tertiary/aromatic N) is 1. The highest BCUT2D eigenvalue weighted by Gasteiger charge is 2.14. The van der Waals surface area contributed by atoms with Crippen LogP contribution in [0.1, 0.15) is 42.6 Å². The SMILES string of the molecule is Cc1[nH]c(C=O)nc1-c1ccc(C(C)(C)C)cc1. The van der Waals surface area contributed by atoms with Gasteiger partial charge in [-0.15, -0.1) is 0 Å². The molecule has 18 heavy (non-hydrogen) atoms. The first-order chi connectivity index (χ1) is 8.41. The van der Waals surface area contributed by atoms with E-state index in [0.29, 0.717) is 5.82 Å². The fourth-order valence-corrected chi connectivity index (χ4v) is 1.95. The van der Waals surface area contributed by atoms with Gasteiger partial charge in [0.05, 0.1) is 5.69 Å². The fraction of sp³-hybridized carbons (Fsp3) is 0.333. The predicted octanol–water partition coefficient (Wildman–Crippen LogP) is 3.50. The van der Waals surface area contributed by atoms with E-state index in [0.717, 1.165) is 23.2 Å². The number of hydrogen-bond acceptors (Lipinski definition) is 2. The number of imidazole rings is 1. The molecule has 0 spiro atoms. The standard InChI is InChI=1S/C15H18N2O/c1-10-14(17-13(9-18)16-10)11-5-7-12(8-6-11)15(2,3)4/h5-9H,1-4H3,(H,16,17). The van der Waals surface area contributed by atoms with Gasteiger partial charge in [0.2, 0.25) is 0 Å². The van der Waals surface area contributed by atoms with Crippen molar-refractivity contribution >= 4 is 6.29 Å². The highest BCUT2D eigenvalue weighted by Crippen LogP contribution is 2.26. The number of carbonyl (C=O) groups is 1. The topological polar surface area (TPSA) is 45.8 Å². The monoisotopic (exact) mass is 242 g/mol. The van der Waals surface area contributed by atoms with Gasteiger partial charge >= 0.3 is 0 Å². The Balaban J connectivity index is 2.40. The number of H-pyrrole nitrogens is 1. The van der Waals surface area contributed by atoms with Gasteiger partial charge in [-0.25, -0.2) is 4.98 Å². The lowest BCUT2D eigenvalue weighted by atomic mass is 9.86. The van der Waals surface area contributed by atoms with E-state index in [1.807, 2.05) is 6.92 Å². The van der Waals surface area contributed by atoms with Crippen LogP contribution in [0.15, 0.2) is 24.3 Å². The van der Waals surface area contributed by atoms with E-state index in [4.69, 9.17) is 0 Å². The Hall–Kier alpha value is -1.90. The van der Waals surface area contributed by atoms with E-state index in [9.17, 15) is 4.79 Å². The van der Waals surface area contributed by atoms with Gasteiger partial charge in [0.1, 0.15) is 0 Å². The Labute approximate surface area is 107 Å². The van der Waals surface area contributed by atoms with Gasteiger partial charge < -0.3 is 4.98 Å². The van der Waals surface area contributed by atoms with Crippen molar-refractivity contribution in [3.63, 3.8) is 0 Å². The predicted molar refractivity (Wildman–Crippen MR) is 72.8 cm³/mol. The summed E-state index contributed by atoms with van der Waals surface area (Å²) in [6.45, 7) is 8.48. The largest absolute Gasteiger partial charge is 0.339 e. The molecule has 0 unspecified atom stereocenters. The molecule has 0 saturated carbocycles. The maximum atomic E-state index is 10.7. The summed E-state index contributed by atoms with van der Waals surface area (Å²) in [6, 6.07) is 8.34. The average Bonchev–Trinajstić information content (AvgIpc) is 2.70. The first kappa shape index (κ1) is 12.6. The van der Waals surface area contributed by atoms with Crippen molar-refractivity contribution in [1.82, 2.24) is 9.97 Å². The first-order valence-corrected chi connectivity index (χ1v) is 6.04. The summed E-state index contributed by atoms with van der Waals surface area (Å²) in [6.07, 6.45) is 0.736. The Bertz CT molecular complexity index is 559. The summed E-state index contributed by atoms with van der Waals surface area (Å²) in [7, 11) is 0. The van der Waals surface area contributed by atoms with Gasteiger partial charge in [0.15, 0.2) is 12.1 Å². The van der Waals surface area contributed by atoms with E-state index in [1.165, 1.54) is 5.56 Å². The van der Waals surface area contributed by atoms with Crippen LogP contribution in [0.3, 0.4) is 0 Å². The molecule has 0 amide bonds.